The molecule has 34 heavy (non-hydrogen) atoms. The Labute approximate surface area is 199 Å². The van der Waals surface area contributed by atoms with Crippen LogP contribution in [0.3, 0.4) is 0 Å². The number of rotatable bonds is 11. The summed E-state index contributed by atoms with van der Waals surface area (Å²) in [4.78, 5) is 16.7. The van der Waals surface area contributed by atoms with Crippen LogP contribution in [-0.2, 0) is 20.9 Å². The van der Waals surface area contributed by atoms with Gasteiger partial charge in [-0.2, -0.15) is 0 Å². The third-order valence-electron chi connectivity index (χ3n) is 5.93. The van der Waals surface area contributed by atoms with Crippen molar-refractivity contribution in [3.05, 3.63) is 96.3 Å². The first-order valence-corrected chi connectivity index (χ1v) is 11.6. The molecular formula is C28H30N2O4. The van der Waals surface area contributed by atoms with Crippen LogP contribution in [0.5, 0.6) is 0 Å². The topological polar surface area (TPSA) is 80.7 Å². The molecule has 1 heterocycles. The number of para-hydroxylation sites is 1. The molecule has 1 aromatic heterocycles. The molecule has 0 bridgehead atoms. The van der Waals surface area contributed by atoms with Gasteiger partial charge in [-0.05, 0) is 49.6 Å². The number of anilines is 1. The van der Waals surface area contributed by atoms with Crippen LogP contribution in [-0.4, -0.2) is 34.8 Å². The molecule has 4 rings (SSSR count). The molecule has 1 aliphatic carbocycles. The summed E-state index contributed by atoms with van der Waals surface area (Å²) in [5.74, 6) is -0.594. The molecule has 0 amide bonds. The fourth-order valence-corrected chi connectivity index (χ4v) is 4.05. The minimum Gasteiger partial charge on any atom is -0.497 e. The number of aromatic nitrogens is 1. The SMILES string of the molecule is CC1(OCc2ccccc2)C=CC=C(OCCCCNc2ccc3ccccc3n2)C1C(=O)O. The van der Waals surface area contributed by atoms with Crippen LogP contribution in [0.15, 0.2) is 90.7 Å². The van der Waals surface area contributed by atoms with Gasteiger partial charge in [-0.3, -0.25) is 4.79 Å². The predicted molar refractivity (Wildman–Crippen MR) is 133 cm³/mol. The third kappa shape index (κ3) is 5.83. The first-order valence-electron chi connectivity index (χ1n) is 11.6. The predicted octanol–water partition coefficient (Wildman–Crippen LogP) is 5.57. The van der Waals surface area contributed by atoms with Crippen molar-refractivity contribution in [3.63, 3.8) is 0 Å². The number of carboxylic acids is 1. The van der Waals surface area contributed by atoms with Gasteiger partial charge in [0.25, 0.3) is 0 Å². The van der Waals surface area contributed by atoms with E-state index in [1.54, 1.807) is 19.1 Å². The second kappa shape index (κ2) is 11.0. The van der Waals surface area contributed by atoms with Crippen LogP contribution in [0.2, 0.25) is 0 Å². The van der Waals surface area contributed by atoms with E-state index in [0.717, 1.165) is 41.7 Å². The van der Waals surface area contributed by atoms with Crippen molar-refractivity contribution in [3.8, 4) is 0 Å². The Kier molecular flexibility index (Phi) is 7.60. The van der Waals surface area contributed by atoms with E-state index in [9.17, 15) is 9.90 Å². The summed E-state index contributed by atoms with van der Waals surface area (Å²) < 4.78 is 12.0. The summed E-state index contributed by atoms with van der Waals surface area (Å²) in [6, 6.07) is 21.8. The van der Waals surface area contributed by atoms with Crippen molar-refractivity contribution < 1.29 is 19.4 Å². The van der Waals surface area contributed by atoms with Gasteiger partial charge in [0.15, 0.2) is 0 Å². The number of ether oxygens (including phenoxy) is 2. The number of allylic oxidation sites excluding steroid dienone is 2. The second-order valence-corrected chi connectivity index (χ2v) is 8.53. The fraction of sp³-hybridized carbons (Fsp3) is 0.286. The quantitative estimate of drug-likeness (QED) is 0.366. The summed E-state index contributed by atoms with van der Waals surface area (Å²) in [7, 11) is 0. The monoisotopic (exact) mass is 458 g/mol. The smallest absolute Gasteiger partial charge is 0.317 e. The Morgan fingerprint density at radius 1 is 1.06 bits per heavy atom. The highest BCUT2D eigenvalue weighted by Gasteiger charge is 2.43. The van der Waals surface area contributed by atoms with Gasteiger partial charge in [0.2, 0.25) is 0 Å². The highest BCUT2D eigenvalue weighted by Crippen LogP contribution is 2.35. The number of carbonyl (C=O) groups is 1. The number of nitrogens with one attached hydrogen (secondary N) is 1. The van der Waals surface area contributed by atoms with E-state index in [0.29, 0.717) is 19.0 Å². The van der Waals surface area contributed by atoms with Crippen LogP contribution in [0.4, 0.5) is 5.82 Å². The molecule has 6 nitrogen and oxygen atoms in total. The maximum atomic E-state index is 12.1. The average molecular weight is 459 g/mol. The number of benzene rings is 2. The largest absolute Gasteiger partial charge is 0.497 e. The van der Waals surface area contributed by atoms with Gasteiger partial charge in [-0.1, -0.05) is 60.7 Å². The van der Waals surface area contributed by atoms with Gasteiger partial charge in [0.05, 0.1) is 18.7 Å². The number of nitrogens with zero attached hydrogens (tertiary/aromatic N) is 1. The van der Waals surface area contributed by atoms with Gasteiger partial charge in [0.1, 0.15) is 23.1 Å². The van der Waals surface area contributed by atoms with E-state index in [4.69, 9.17) is 9.47 Å². The fourth-order valence-electron chi connectivity index (χ4n) is 4.05. The number of fused-ring (bicyclic) bond motifs is 1. The highest BCUT2D eigenvalue weighted by atomic mass is 16.5. The van der Waals surface area contributed by atoms with E-state index >= 15 is 0 Å². The van der Waals surface area contributed by atoms with E-state index < -0.39 is 17.5 Å². The lowest BCUT2D eigenvalue weighted by Crippen LogP contribution is -2.43. The van der Waals surface area contributed by atoms with Gasteiger partial charge in [-0.25, -0.2) is 4.98 Å². The Morgan fingerprint density at radius 3 is 2.68 bits per heavy atom. The van der Waals surface area contributed by atoms with Gasteiger partial charge < -0.3 is 19.9 Å². The molecule has 0 saturated heterocycles. The van der Waals surface area contributed by atoms with Crippen molar-refractivity contribution in [1.29, 1.82) is 0 Å². The second-order valence-electron chi connectivity index (χ2n) is 8.53. The molecule has 0 saturated carbocycles. The molecule has 2 atom stereocenters. The summed E-state index contributed by atoms with van der Waals surface area (Å²) >= 11 is 0. The number of hydrogen-bond donors (Lipinski definition) is 2. The average Bonchev–Trinajstić information content (AvgIpc) is 2.85. The normalized spacial score (nSPS) is 19.6. The van der Waals surface area contributed by atoms with Gasteiger partial charge in [-0.15, -0.1) is 0 Å². The van der Waals surface area contributed by atoms with Crippen molar-refractivity contribution in [2.45, 2.75) is 32.0 Å². The number of carboxylic acid groups (broad SMARTS) is 1. The molecule has 1 aliphatic rings. The van der Waals surface area contributed by atoms with E-state index in [2.05, 4.69) is 16.4 Å². The first-order chi connectivity index (χ1) is 16.5. The Bertz CT molecular complexity index is 1180. The molecule has 176 valence electrons. The maximum absolute atomic E-state index is 12.1. The Hall–Kier alpha value is -3.64. The van der Waals surface area contributed by atoms with Crippen molar-refractivity contribution in [1.82, 2.24) is 4.98 Å². The molecule has 3 aromatic rings. The van der Waals surface area contributed by atoms with E-state index in [-0.39, 0.29) is 0 Å². The van der Waals surface area contributed by atoms with Crippen molar-refractivity contribution in [2.24, 2.45) is 5.92 Å². The van der Waals surface area contributed by atoms with Gasteiger partial charge in [0, 0.05) is 11.9 Å². The molecule has 2 N–H and O–H groups in total. The van der Waals surface area contributed by atoms with Crippen LogP contribution in [0.1, 0.15) is 25.3 Å². The molecule has 0 aliphatic heterocycles. The molecule has 0 radical (unpaired) electrons. The number of hydrogen-bond acceptors (Lipinski definition) is 5. The van der Waals surface area contributed by atoms with Crippen LogP contribution in [0.25, 0.3) is 10.9 Å². The summed E-state index contributed by atoms with van der Waals surface area (Å²) in [6.45, 7) is 3.31. The van der Waals surface area contributed by atoms with Crippen LogP contribution in [0, 0.1) is 5.92 Å². The summed E-state index contributed by atoms with van der Waals surface area (Å²) in [6.07, 6.45) is 6.99. The minimum absolute atomic E-state index is 0.327. The lowest BCUT2D eigenvalue weighted by molar-refractivity contribution is -0.153. The first kappa shape index (κ1) is 23.5. The molecule has 0 spiro atoms. The van der Waals surface area contributed by atoms with Crippen LogP contribution >= 0.6 is 0 Å². The zero-order valence-corrected chi connectivity index (χ0v) is 19.3. The highest BCUT2D eigenvalue weighted by molar-refractivity contribution is 5.80. The molecule has 2 aromatic carbocycles. The zero-order valence-electron chi connectivity index (χ0n) is 19.3. The third-order valence-corrected chi connectivity index (χ3v) is 5.93. The standard InChI is InChI=1S/C28H30N2O4/c1-28(34-20-21-10-3-2-4-11-21)17-9-14-24(26(28)27(31)32)33-19-8-7-18-29-25-16-15-22-12-5-6-13-23(22)30-25/h2-6,9-17,26H,7-8,18-20H2,1H3,(H,29,30)(H,31,32). The number of pyridine rings is 1. The van der Waals surface area contributed by atoms with Crippen molar-refractivity contribution >= 4 is 22.7 Å². The van der Waals surface area contributed by atoms with E-state index in [1.165, 1.54) is 0 Å². The zero-order chi connectivity index (χ0) is 23.8. The van der Waals surface area contributed by atoms with E-state index in [1.807, 2.05) is 66.7 Å². The Balaban J connectivity index is 1.25. The number of unbranched alkanes of at least 4 members (excludes halogenated alkanes) is 1. The molecular weight excluding hydrogens is 428 g/mol. The number of aliphatic carboxylic acids is 1. The van der Waals surface area contributed by atoms with Gasteiger partial charge >= 0.3 is 5.97 Å². The molecule has 0 fully saturated rings. The summed E-state index contributed by atoms with van der Waals surface area (Å²) in [5.41, 5.74) is 0.965. The van der Waals surface area contributed by atoms with Crippen molar-refractivity contribution in [2.75, 3.05) is 18.5 Å². The lowest BCUT2D eigenvalue weighted by Gasteiger charge is -2.35. The minimum atomic E-state index is -0.991. The molecule has 2 unspecified atom stereocenters. The molecule has 6 heteroatoms. The Morgan fingerprint density at radius 2 is 1.85 bits per heavy atom. The maximum Gasteiger partial charge on any atom is 0.317 e. The lowest BCUT2D eigenvalue weighted by atomic mass is 9.83. The van der Waals surface area contributed by atoms with Crippen LogP contribution < -0.4 is 5.32 Å². The summed E-state index contributed by atoms with van der Waals surface area (Å²) in [5, 5.41) is 14.4.